The van der Waals surface area contributed by atoms with Crippen LogP contribution in [-0.4, -0.2) is 9.55 Å². The molecule has 1 aromatic heterocycles. The van der Waals surface area contributed by atoms with Crippen LogP contribution in [0.15, 0.2) is 47.3 Å². The van der Waals surface area contributed by atoms with Crippen molar-refractivity contribution in [1.82, 2.24) is 9.55 Å². The Kier molecular flexibility index (Phi) is 2.87. The zero-order valence-corrected chi connectivity index (χ0v) is 10.6. The first-order chi connectivity index (χ1) is 9.15. The second kappa shape index (κ2) is 4.55. The summed E-state index contributed by atoms with van der Waals surface area (Å²) in [5, 5.41) is 0.493. The van der Waals surface area contributed by atoms with E-state index < -0.39 is 0 Å². The van der Waals surface area contributed by atoms with Gasteiger partial charge in [0.05, 0.1) is 22.6 Å². The number of halogens is 2. The number of hydrogen-bond acceptors (Lipinski definition) is 1. The quantitative estimate of drug-likeness (QED) is 0.767. The fourth-order valence-electron chi connectivity index (χ4n) is 2.14. The highest BCUT2D eigenvalue weighted by Crippen LogP contribution is 2.21. The van der Waals surface area contributed by atoms with Crippen molar-refractivity contribution in [2.75, 3.05) is 0 Å². The predicted octanol–water partition coefficient (Wildman–Crippen LogP) is 3.17. The molecule has 2 aromatic carbocycles. The van der Waals surface area contributed by atoms with Crippen molar-refractivity contribution in [2.24, 2.45) is 0 Å². The van der Waals surface area contributed by atoms with Crippen molar-refractivity contribution in [2.45, 2.75) is 6.54 Å². The van der Waals surface area contributed by atoms with Gasteiger partial charge in [-0.15, -0.1) is 0 Å². The number of H-pyrrole nitrogens is 1. The Morgan fingerprint density at radius 3 is 2.79 bits per heavy atom. The SMILES string of the molecule is O=c1[nH]c2cccc(Cl)c2n1Cc1cccc(F)c1. The van der Waals surface area contributed by atoms with Crippen LogP contribution in [0.5, 0.6) is 0 Å². The van der Waals surface area contributed by atoms with Crippen LogP contribution in [-0.2, 0) is 6.54 Å². The van der Waals surface area contributed by atoms with Gasteiger partial charge in [-0.3, -0.25) is 4.57 Å². The van der Waals surface area contributed by atoms with Gasteiger partial charge in [0.25, 0.3) is 0 Å². The molecule has 0 unspecified atom stereocenters. The van der Waals surface area contributed by atoms with Crippen molar-refractivity contribution < 1.29 is 4.39 Å². The molecule has 3 aromatic rings. The molecule has 1 heterocycles. The second-order valence-corrected chi connectivity index (χ2v) is 4.69. The minimum absolute atomic E-state index is 0.257. The van der Waals surface area contributed by atoms with Gasteiger partial charge >= 0.3 is 5.69 Å². The number of nitrogens with zero attached hydrogens (tertiary/aromatic N) is 1. The maximum atomic E-state index is 13.2. The predicted molar refractivity (Wildman–Crippen MR) is 73.1 cm³/mol. The molecule has 0 bridgehead atoms. The highest BCUT2D eigenvalue weighted by atomic mass is 35.5. The fourth-order valence-corrected chi connectivity index (χ4v) is 2.42. The average Bonchev–Trinajstić information content (AvgIpc) is 2.67. The summed E-state index contributed by atoms with van der Waals surface area (Å²) in [4.78, 5) is 14.7. The maximum Gasteiger partial charge on any atom is 0.326 e. The molecule has 5 heteroatoms. The number of fused-ring (bicyclic) bond motifs is 1. The van der Waals surface area contributed by atoms with Gasteiger partial charge in [-0.1, -0.05) is 29.8 Å². The van der Waals surface area contributed by atoms with Crippen molar-refractivity contribution in [1.29, 1.82) is 0 Å². The molecule has 0 fully saturated rings. The summed E-state index contributed by atoms with van der Waals surface area (Å²) >= 11 is 6.12. The smallest absolute Gasteiger partial charge is 0.305 e. The third-order valence-corrected chi connectivity index (χ3v) is 3.28. The Morgan fingerprint density at radius 1 is 1.21 bits per heavy atom. The van der Waals surface area contributed by atoms with Crippen molar-refractivity contribution in [3.8, 4) is 0 Å². The van der Waals surface area contributed by atoms with Gasteiger partial charge in [0, 0.05) is 0 Å². The third-order valence-electron chi connectivity index (χ3n) is 2.97. The number of para-hydroxylation sites is 1. The molecular formula is C14H10ClFN2O. The minimum atomic E-state index is -0.323. The van der Waals surface area contributed by atoms with E-state index in [1.165, 1.54) is 16.7 Å². The van der Waals surface area contributed by atoms with E-state index in [1.807, 2.05) is 0 Å². The highest BCUT2D eigenvalue weighted by molar-refractivity contribution is 6.34. The van der Waals surface area contributed by atoms with E-state index in [-0.39, 0.29) is 18.1 Å². The molecule has 0 aliphatic rings. The molecule has 3 nitrogen and oxygen atoms in total. The molecule has 0 radical (unpaired) electrons. The number of benzene rings is 2. The molecule has 96 valence electrons. The zero-order valence-electron chi connectivity index (χ0n) is 9.86. The van der Waals surface area contributed by atoms with Gasteiger partial charge in [0.1, 0.15) is 5.82 Å². The Hall–Kier alpha value is -2.07. The van der Waals surface area contributed by atoms with Gasteiger partial charge in [0.2, 0.25) is 0 Å². The molecule has 0 amide bonds. The monoisotopic (exact) mass is 276 g/mol. The van der Waals surface area contributed by atoms with E-state index in [4.69, 9.17) is 11.6 Å². The van der Waals surface area contributed by atoms with Crippen molar-refractivity contribution >= 4 is 22.6 Å². The van der Waals surface area contributed by atoms with E-state index >= 15 is 0 Å². The lowest BCUT2D eigenvalue weighted by Crippen LogP contribution is -2.17. The van der Waals surface area contributed by atoms with E-state index in [1.54, 1.807) is 30.3 Å². The van der Waals surface area contributed by atoms with Gasteiger partial charge in [-0.25, -0.2) is 9.18 Å². The number of imidazole rings is 1. The van der Waals surface area contributed by atoms with Crippen LogP contribution in [0.2, 0.25) is 5.02 Å². The van der Waals surface area contributed by atoms with Crippen molar-refractivity contribution in [3.63, 3.8) is 0 Å². The summed E-state index contributed by atoms with van der Waals surface area (Å²) in [6, 6.07) is 11.4. The third kappa shape index (κ3) is 2.15. The number of aromatic amines is 1. The first kappa shape index (κ1) is 12.0. The van der Waals surface area contributed by atoms with Crippen LogP contribution in [0.1, 0.15) is 5.56 Å². The molecule has 0 saturated heterocycles. The lowest BCUT2D eigenvalue weighted by Gasteiger charge is -2.05. The largest absolute Gasteiger partial charge is 0.326 e. The average molecular weight is 277 g/mol. The molecule has 0 saturated carbocycles. The van der Waals surface area contributed by atoms with Crippen molar-refractivity contribution in [3.05, 3.63) is 69.4 Å². The highest BCUT2D eigenvalue weighted by Gasteiger charge is 2.10. The fraction of sp³-hybridized carbons (Fsp3) is 0.0714. The topological polar surface area (TPSA) is 37.8 Å². The van der Waals surface area contributed by atoms with Gasteiger partial charge in [-0.2, -0.15) is 0 Å². The van der Waals surface area contributed by atoms with Gasteiger partial charge < -0.3 is 4.98 Å². The van der Waals surface area contributed by atoms with E-state index in [2.05, 4.69) is 4.98 Å². The van der Waals surface area contributed by atoms with Crippen LogP contribution in [0.3, 0.4) is 0 Å². The van der Waals surface area contributed by atoms with Crippen LogP contribution in [0.25, 0.3) is 11.0 Å². The van der Waals surface area contributed by atoms with Crippen LogP contribution in [0, 0.1) is 5.82 Å². The summed E-state index contributed by atoms with van der Waals surface area (Å²) in [5.41, 5.74) is 1.77. The zero-order chi connectivity index (χ0) is 13.4. The summed E-state index contributed by atoms with van der Waals surface area (Å²) in [5.74, 6) is -0.323. The molecule has 0 atom stereocenters. The Labute approximate surface area is 113 Å². The minimum Gasteiger partial charge on any atom is -0.305 e. The van der Waals surface area contributed by atoms with Gasteiger partial charge in [0.15, 0.2) is 0 Å². The van der Waals surface area contributed by atoms with Crippen LogP contribution >= 0.6 is 11.6 Å². The van der Waals surface area contributed by atoms with Crippen LogP contribution in [0.4, 0.5) is 4.39 Å². The van der Waals surface area contributed by atoms with E-state index in [0.29, 0.717) is 21.6 Å². The molecule has 0 aliphatic carbocycles. The number of hydrogen-bond donors (Lipinski definition) is 1. The Morgan fingerprint density at radius 2 is 2.00 bits per heavy atom. The molecular weight excluding hydrogens is 267 g/mol. The molecule has 1 N–H and O–H groups in total. The molecule has 0 spiro atoms. The number of rotatable bonds is 2. The standard InChI is InChI=1S/C14H10ClFN2O/c15-11-5-2-6-12-13(11)18(14(19)17-12)8-9-3-1-4-10(16)7-9/h1-7H,8H2,(H,17,19). The van der Waals surface area contributed by atoms with E-state index in [0.717, 1.165) is 0 Å². The summed E-state index contributed by atoms with van der Waals surface area (Å²) < 4.78 is 14.7. The van der Waals surface area contributed by atoms with Crippen LogP contribution < -0.4 is 5.69 Å². The Balaban J connectivity index is 2.15. The Bertz CT molecular complexity index is 807. The summed E-state index contributed by atoms with van der Waals surface area (Å²) in [6.07, 6.45) is 0. The van der Waals surface area contributed by atoms with E-state index in [9.17, 15) is 9.18 Å². The summed E-state index contributed by atoms with van der Waals surface area (Å²) in [6.45, 7) is 0.278. The molecule has 0 aliphatic heterocycles. The summed E-state index contributed by atoms with van der Waals surface area (Å²) in [7, 11) is 0. The molecule has 19 heavy (non-hydrogen) atoms. The van der Waals surface area contributed by atoms with Gasteiger partial charge in [-0.05, 0) is 29.8 Å². The first-order valence-corrected chi connectivity index (χ1v) is 6.14. The first-order valence-electron chi connectivity index (χ1n) is 5.76. The lowest BCUT2D eigenvalue weighted by atomic mass is 10.2. The second-order valence-electron chi connectivity index (χ2n) is 4.28. The lowest BCUT2D eigenvalue weighted by molar-refractivity contribution is 0.623. The number of aromatic nitrogens is 2. The molecule has 3 rings (SSSR count). The maximum absolute atomic E-state index is 13.2. The normalized spacial score (nSPS) is 11.1. The number of nitrogens with one attached hydrogen (secondary N) is 1.